The second-order valence-corrected chi connectivity index (χ2v) is 3.27. The molecule has 0 fully saturated rings. The van der Waals surface area contributed by atoms with Crippen LogP contribution in [0.25, 0.3) is 11.0 Å². The molecular weight excluding hydrogens is 178 g/mol. The molecule has 0 unspecified atom stereocenters. The fourth-order valence-electron chi connectivity index (χ4n) is 1.79. The van der Waals surface area contributed by atoms with Gasteiger partial charge in [0.15, 0.2) is 0 Å². The lowest BCUT2D eigenvalue weighted by atomic mass is 10.2. The Morgan fingerprint density at radius 1 is 1.57 bits per heavy atom. The van der Waals surface area contributed by atoms with Crippen LogP contribution in [0.1, 0.15) is 16.1 Å². The van der Waals surface area contributed by atoms with Crippen molar-refractivity contribution < 1.29 is 4.79 Å². The molecule has 4 nitrogen and oxygen atoms in total. The number of rotatable bonds is 1. The molecule has 2 aromatic heterocycles. The number of hydrogen-bond donors (Lipinski definition) is 1. The van der Waals surface area contributed by atoms with Crippen LogP contribution >= 0.6 is 0 Å². The lowest BCUT2D eigenvalue weighted by Gasteiger charge is -1.99. The number of carbonyl (C=O) groups is 1. The third kappa shape index (κ3) is 1.00. The summed E-state index contributed by atoms with van der Waals surface area (Å²) in [6, 6.07) is 3.76. The van der Waals surface area contributed by atoms with Crippen molar-refractivity contribution in [2.45, 2.75) is 6.92 Å². The first-order chi connectivity index (χ1) is 6.63. The third-order valence-electron chi connectivity index (χ3n) is 2.43. The van der Waals surface area contributed by atoms with E-state index in [9.17, 15) is 4.79 Å². The van der Waals surface area contributed by atoms with Crippen LogP contribution in [0.4, 0.5) is 0 Å². The van der Waals surface area contributed by atoms with E-state index in [0.717, 1.165) is 16.6 Å². The van der Waals surface area contributed by atoms with Gasteiger partial charge in [0.1, 0.15) is 5.69 Å². The molecule has 1 amide bonds. The van der Waals surface area contributed by atoms with Crippen LogP contribution < -0.4 is 5.73 Å². The number of aromatic nitrogens is 2. The number of carbonyl (C=O) groups excluding carboxylic acids is 1. The minimum atomic E-state index is -0.414. The van der Waals surface area contributed by atoms with Gasteiger partial charge in [-0.25, -0.2) is 0 Å². The molecule has 2 heterocycles. The van der Waals surface area contributed by atoms with E-state index in [1.807, 2.05) is 26.1 Å². The monoisotopic (exact) mass is 189 g/mol. The maximum atomic E-state index is 11.2. The Morgan fingerprint density at radius 3 is 2.86 bits per heavy atom. The maximum absolute atomic E-state index is 11.2. The number of hydrogen-bond acceptors (Lipinski definition) is 2. The molecule has 72 valence electrons. The molecule has 2 rings (SSSR count). The highest BCUT2D eigenvalue weighted by Gasteiger charge is 2.15. The summed E-state index contributed by atoms with van der Waals surface area (Å²) >= 11 is 0. The van der Waals surface area contributed by atoms with Gasteiger partial charge >= 0.3 is 0 Å². The van der Waals surface area contributed by atoms with E-state index in [1.54, 1.807) is 10.8 Å². The van der Waals surface area contributed by atoms with E-state index >= 15 is 0 Å². The van der Waals surface area contributed by atoms with Crippen molar-refractivity contribution >= 4 is 16.9 Å². The van der Waals surface area contributed by atoms with Crippen molar-refractivity contribution in [2.24, 2.45) is 12.8 Å². The second-order valence-electron chi connectivity index (χ2n) is 3.27. The van der Waals surface area contributed by atoms with Gasteiger partial charge in [0, 0.05) is 18.8 Å². The molecule has 2 aromatic rings. The SMILES string of the molecule is Cc1c(C(N)=O)n(C)c2cccnc12. The zero-order chi connectivity index (χ0) is 10.3. The molecule has 0 aromatic carbocycles. The smallest absolute Gasteiger partial charge is 0.265 e. The third-order valence-corrected chi connectivity index (χ3v) is 2.43. The van der Waals surface area contributed by atoms with Crippen LogP contribution in [-0.4, -0.2) is 15.5 Å². The first-order valence-corrected chi connectivity index (χ1v) is 4.32. The molecule has 0 aliphatic carbocycles. The van der Waals surface area contributed by atoms with Gasteiger partial charge in [-0.3, -0.25) is 9.78 Å². The number of nitrogens with two attached hydrogens (primary N) is 1. The van der Waals surface area contributed by atoms with Gasteiger partial charge in [0.05, 0.1) is 11.0 Å². The Morgan fingerprint density at radius 2 is 2.29 bits per heavy atom. The molecular formula is C10H11N3O. The summed E-state index contributed by atoms with van der Waals surface area (Å²) in [5, 5.41) is 0. The van der Waals surface area contributed by atoms with Crippen LogP contribution in [0.3, 0.4) is 0 Å². The minimum Gasteiger partial charge on any atom is -0.364 e. The van der Waals surface area contributed by atoms with Crippen LogP contribution in [0.2, 0.25) is 0 Å². The van der Waals surface area contributed by atoms with Gasteiger partial charge in [0.2, 0.25) is 0 Å². The van der Waals surface area contributed by atoms with Gasteiger partial charge in [-0.1, -0.05) is 0 Å². The average molecular weight is 189 g/mol. The lowest BCUT2D eigenvalue weighted by molar-refractivity contribution is 0.0992. The fraction of sp³-hybridized carbons (Fsp3) is 0.200. The van der Waals surface area contributed by atoms with E-state index in [-0.39, 0.29) is 0 Å². The van der Waals surface area contributed by atoms with Gasteiger partial charge in [0.25, 0.3) is 5.91 Å². The number of pyridine rings is 1. The van der Waals surface area contributed by atoms with Crippen molar-refractivity contribution in [3.63, 3.8) is 0 Å². The fourth-order valence-corrected chi connectivity index (χ4v) is 1.79. The topological polar surface area (TPSA) is 60.9 Å². The van der Waals surface area contributed by atoms with Crippen LogP contribution in [0.15, 0.2) is 18.3 Å². The van der Waals surface area contributed by atoms with Crippen LogP contribution in [0.5, 0.6) is 0 Å². The Labute approximate surface area is 81.3 Å². The van der Waals surface area contributed by atoms with Crippen molar-refractivity contribution in [1.29, 1.82) is 0 Å². The lowest BCUT2D eigenvalue weighted by Crippen LogP contribution is -2.16. The van der Waals surface area contributed by atoms with Gasteiger partial charge in [-0.15, -0.1) is 0 Å². The quantitative estimate of drug-likeness (QED) is 0.726. The van der Waals surface area contributed by atoms with Crippen LogP contribution in [0, 0.1) is 6.92 Å². The van der Waals surface area contributed by atoms with E-state index in [1.165, 1.54) is 0 Å². The molecule has 0 atom stereocenters. The Balaban J connectivity index is 2.92. The van der Waals surface area contributed by atoms with Crippen molar-refractivity contribution in [1.82, 2.24) is 9.55 Å². The Hall–Kier alpha value is -1.84. The van der Waals surface area contributed by atoms with E-state index in [0.29, 0.717) is 5.69 Å². The molecule has 0 bridgehead atoms. The van der Waals surface area contributed by atoms with Crippen molar-refractivity contribution in [3.8, 4) is 0 Å². The Bertz CT molecular complexity index is 474. The largest absolute Gasteiger partial charge is 0.364 e. The molecule has 0 spiro atoms. The maximum Gasteiger partial charge on any atom is 0.265 e. The summed E-state index contributed by atoms with van der Waals surface area (Å²) in [6.45, 7) is 1.86. The summed E-state index contributed by atoms with van der Waals surface area (Å²) in [6.07, 6.45) is 1.71. The first-order valence-electron chi connectivity index (χ1n) is 4.32. The average Bonchev–Trinajstić information content (AvgIpc) is 2.41. The standard InChI is InChI=1S/C10H11N3O/c1-6-8-7(4-3-5-12-8)13(2)9(6)10(11)14/h3-5H,1-2H3,(H2,11,14). The molecule has 0 radical (unpaired) electrons. The number of aryl methyl sites for hydroxylation is 2. The first kappa shape index (κ1) is 8.74. The Kier molecular flexibility index (Phi) is 1.77. The number of fused-ring (bicyclic) bond motifs is 1. The zero-order valence-corrected chi connectivity index (χ0v) is 8.11. The normalized spacial score (nSPS) is 10.7. The summed E-state index contributed by atoms with van der Waals surface area (Å²) in [5.41, 5.74) is 8.43. The highest BCUT2D eigenvalue weighted by molar-refractivity contribution is 5.99. The highest BCUT2D eigenvalue weighted by atomic mass is 16.1. The molecule has 0 saturated carbocycles. The second kappa shape index (κ2) is 2.83. The molecule has 14 heavy (non-hydrogen) atoms. The summed E-state index contributed by atoms with van der Waals surface area (Å²) in [7, 11) is 1.82. The molecule has 2 N–H and O–H groups in total. The van der Waals surface area contributed by atoms with E-state index in [4.69, 9.17) is 5.73 Å². The highest BCUT2D eigenvalue weighted by Crippen LogP contribution is 2.21. The molecule has 0 saturated heterocycles. The molecule has 0 aliphatic heterocycles. The number of amides is 1. The number of nitrogens with zero attached hydrogens (tertiary/aromatic N) is 2. The summed E-state index contributed by atoms with van der Waals surface area (Å²) < 4.78 is 1.78. The summed E-state index contributed by atoms with van der Waals surface area (Å²) in [4.78, 5) is 15.4. The van der Waals surface area contributed by atoms with E-state index < -0.39 is 5.91 Å². The van der Waals surface area contributed by atoms with Crippen LogP contribution in [-0.2, 0) is 7.05 Å². The van der Waals surface area contributed by atoms with Gasteiger partial charge in [-0.2, -0.15) is 0 Å². The van der Waals surface area contributed by atoms with Gasteiger partial charge < -0.3 is 10.3 Å². The predicted molar refractivity (Wildman–Crippen MR) is 54.0 cm³/mol. The van der Waals surface area contributed by atoms with Crippen molar-refractivity contribution in [3.05, 3.63) is 29.6 Å². The molecule has 0 aliphatic rings. The minimum absolute atomic E-state index is 0.414. The predicted octanol–water partition coefficient (Wildman–Crippen LogP) is 0.981. The summed E-state index contributed by atoms with van der Waals surface area (Å²) in [5.74, 6) is -0.414. The number of primary amides is 1. The van der Waals surface area contributed by atoms with Crippen molar-refractivity contribution in [2.75, 3.05) is 0 Å². The van der Waals surface area contributed by atoms with E-state index in [2.05, 4.69) is 4.98 Å². The molecule has 4 heteroatoms. The zero-order valence-electron chi connectivity index (χ0n) is 8.11. The van der Waals surface area contributed by atoms with Gasteiger partial charge in [-0.05, 0) is 19.1 Å².